The number of nitrogens with one attached hydrogen (secondary N) is 2. The number of carbonyl (C=O) groups excluding carboxylic acids is 1. The van der Waals surface area contributed by atoms with Crippen LogP contribution in [0.1, 0.15) is 21.6 Å². The molecule has 0 aromatic carbocycles. The zero-order valence-electron chi connectivity index (χ0n) is 12.3. The van der Waals surface area contributed by atoms with Crippen LogP contribution in [0.4, 0.5) is 5.82 Å². The number of aromatic amines is 1. The first-order valence-corrected chi connectivity index (χ1v) is 6.58. The van der Waals surface area contributed by atoms with Crippen LogP contribution in [0.25, 0.3) is 0 Å². The van der Waals surface area contributed by atoms with Crippen molar-refractivity contribution in [3.63, 3.8) is 0 Å². The normalized spacial score (nSPS) is 10.2. The monoisotopic (exact) mass is 286 g/mol. The van der Waals surface area contributed by atoms with Crippen molar-refractivity contribution in [3.8, 4) is 0 Å². The Morgan fingerprint density at radius 3 is 2.76 bits per heavy atom. The molecular weight excluding hydrogens is 268 g/mol. The van der Waals surface area contributed by atoms with Gasteiger partial charge in [-0.2, -0.15) is 0 Å². The standard InChI is InChI=1S/C15H18N4O2/c1-10-4-5-12(15(21)18-10)14(20)17-9-11-6-7-16-13(8-11)19(2)3/h4-8H,9H2,1-3H3,(H,17,20)(H,18,21). The zero-order chi connectivity index (χ0) is 15.4. The second kappa shape index (κ2) is 6.21. The van der Waals surface area contributed by atoms with Crippen molar-refractivity contribution in [2.24, 2.45) is 0 Å². The Morgan fingerprint density at radius 1 is 1.33 bits per heavy atom. The number of hydrogen-bond donors (Lipinski definition) is 2. The van der Waals surface area contributed by atoms with E-state index < -0.39 is 0 Å². The lowest BCUT2D eigenvalue weighted by Crippen LogP contribution is -2.29. The summed E-state index contributed by atoms with van der Waals surface area (Å²) in [5, 5.41) is 2.74. The Bertz CT molecular complexity index is 707. The van der Waals surface area contributed by atoms with Gasteiger partial charge in [0.05, 0.1) is 0 Å². The maximum atomic E-state index is 12.0. The minimum absolute atomic E-state index is 0.113. The molecule has 0 unspecified atom stereocenters. The first-order chi connectivity index (χ1) is 9.97. The van der Waals surface area contributed by atoms with E-state index >= 15 is 0 Å². The van der Waals surface area contributed by atoms with Gasteiger partial charge >= 0.3 is 0 Å². The molecule has 0 spiro atoms. The molecule has 0 radical (unpaired) electrons. The predicted octanol–water partition coefficient (Wildman–Crippen LogP) is 1.07. The van der Waals surface area contributed by atoms with Crippen molar-refractivity contribution in [2.75, 3.05) is 19.0 Å². The molecule has 0 aliphatic rings. The maximum absolute atomic E-state index is 12.0. The molecule has 2 N–H and O–H groups in total. The Hall–Kier alpha value is -2.63. The van der Waals surface area contributed by atoms with E-state index in [0.29, 0.717) is 6.54 Å². The number of amides is 1. The number of aromatic nitrogens is 2. The van der Waals surface area contributed by atoms with Gasteiger partial charge < -0.3 is 15.2 Å². The predicted molar refractivity (Wildman–Crippen MR) is 81.5 cm³/mol. The fourth-order valence-electron chi connectivity index (χ4n) is 1.84. The third-order valence-corrected chi connectivity index (χ3v) is 3.02. The van der Waals surface area contributed by atoms with Crippen LogP contribution in [0.5, 0.6) is 0 Å². The molecule has 0 aliphatic heterocycles. The Morgan fingerprint density at radius 2 is 2.10 bits per heavy atom. The lowest BCUT2D eigenvalue weighted by Gasteiger charge is -2.12. The van der Waals surface area contributed by atoms with E-state index in [-0.39, 0.29) is 17.0 Å². The SMILES string of the molecule is Cc1ccc(C(=O)NCc2ccnc(N(C)C)c2)c(=O)[nH]1. The van der Waals surface area contributed by atoms with Crippen molar-refractivity contribution in [1.82, 2.24) is 15.3 Å². The van der Waals surface area contributed by atoms with Crippen LogP contribution in [0, 0.1) is 6.92 Å². The molecule has 0 atom stereocenters. The summed E-state index contributed by atoms with van der Waals surface area (Å²) in [4.78, 5) is 32.4. The summed E-state index contributed by atoms with van der Waals surface area (Å²) in [6.45, 7) is 2.11. The summed E-state index contributed by atoms with van der Waals surface area (Å²) in [6, 6.07) is 6.94. The van der Waals surface area contributed by atoms with Gasteiger partial charge in [-0.15, -0.1) is 0 Å². The Labute approximate surface area is 122 Å². The average molecular weight is 286 g/mol. The molecule has 0 bridgehead atoms. The molecule has 0 fully saturated rings. The number of pyridine rings is 2. The molecule has 0 aliphatic carbocycles. The number of anilines is 1. The number of rotatable bonds is 4. The van der Waals surface area contributed by atoms with Crippen LogP contribution in [-0.2, 0) is 6.54 Å². The van der Waals surface area contributed by atoms with Crippen LogP contribution in [-0.4, -0.2) is 30.0 Å². The topological polar surface area (TPSA) is 78.1 Å². The van der Waals surface area contributed by atoms with Crippen LogP contribution < -0.4 is 15.8 Å². The highest BCUT2D eigenvalue weighted by atomic mass is 16.2. The minimum atomic E-state index is -0.389. The molecule has 2 aromatic heterocycles. The number of hydrogen-bond acceptors (Lipinski definition) is 4. The maximum Gasteiger partial charge on any atom is 0.260 e. The molecule has 110 valence electrons. The van der Waals surface area contributed by atoms with E-state index in [9.17, 15) is 9.59 Å². The van der Waals surface area contributed by atoms with Gasteiger partial charge in [-0.05, 0) is 36.8 Å². The minimum Gasteiger partial charge on any atom is -0.363 e. The molecule has 2 aromatic rings. The highest BCUT2D eigenvalue weighted by molar-refractivity contribution is 5.93. The van der Waals surface area contributed by atoms with Gasteiger partial charge in [0.2, 0.25) is 0 Å². The van der Waals surface area contributed by atoms with Crippen LogP contribution in [0.15, 0.2) is 35.3 Å². The summed E-state index contributed by atoms with van der Waals surface area (Å²) >= 11 is 0. The lowest BCUT2D eigenvalue weighted by atomic mass is 10.2. The number of H-pyrrole nitrogens is 1. The third kappa shape index (κ3) is 3.68. The molecule has 21 heavy (non-hydrogen) atoms. The van der Waals surface area contributed by atoms with Crippen molar-refractivity contribution >= 4 is 11.7 Å². The number of aryl methyl sites for hydroxylation is 1. The van der Waals surface area contributed by atoms with Gasteiger partial charge in [-0.1, -0.05) is 0 Å². The van der Waals surface area contributed by atoms with Crippen molar-refractivity contribution < 1.29 is 4.79 Å². The summed E-state index contributed by atoms with van der Waals surface area (Å²) in [6.07, 6.45) is 1.69. The van der Waals surface area contributed by atoms with Gasteiger partial charge in [-0.3, -0.25) is 9.59 Å². The molecule has 0 saturated heterocycles. The lowest BCUT2D eigenvalue weighted by molar-refractivity contribution is 0.0949. The second-order valence-corrected chi connectivity index (χ2v) is 4.98. The fraction of sp³-hybridized carbons (Fsp3) is 0.267. The molecule has 6 heteroatoms. The number of carbonyl (C=O) groups is 1. The molecule has 1 amide bonds. The van der Waals surface area contributed by atoms with E-state index in [1.165, 1.54) is 6.07 Å². The van der Waals surface area contributed by atoms with E-state index in [0.717, 1.165) is 17.1 Å². The Kier molecular flexibility index (Phi) is 4.37. The van der Waals surface area contributed by atoms with Crippen molar-refractivity contribution in [2.45, 2.75) is 13.5 Å². The van der Waals surface area contributed by atoms with Gasteiger partial charge in [-0.25, -0.2) is 4.98 Å². The van der Waals surface area contributed by atoms with Gasteiger partial charge in [0.25, 0.3) is 11.5 Å². The van der Waals surface area contributed by atoms with Crippen LogP contribution in [0.3, 0.4) is 0 Å². The first-order valence-electron chi connectivity index (χ1n) is 6.58. The van der Waals surface area contributed by atoms with Crippen LogP contribution >= 0.6 is 0 Å². The van der Waals surface area contributed by atoms with E-state index in [1.807, 2.05) is 31.1 Å². The molecule has 2 rings (SSSR count). The third-order valence-electron chi connectivity index (χ3n) is 3.02. The second-order valence-electron chi connectivity index (χ2n) is 4.98. The molecule has 6 nitrogen and oxygen atoms in total. The van der Waals surface area contributed by atoms with Gasteiger partial charge in [0, 0.05) is 32.5 Å². The first kappa shape index (κ1) is 14.8. The molecule has 0 saturated carbocycles. The fourth-order valence-corrected chi connectivity index (χ4v) is 1.84. The smallest absolute Gasteiger partial charge is 0.260 e. The largest absolute Gasteiger partial charge is 0.363 e. The van der Waals surface area contributed by atoms with E-state index in [4.69, 9.17) is 0 Å². The van der Waals surface area contributed by atoms with Gasteiger partial charge in [0.15, 0.2) is 0 Å². The van der Waals surface area contributed by atoms with E-state index in [2.05, 4.69) is 15.3 Å². The Balaban J connectivity index is 2.07. The summed E-state index contributed by atoms with van der Waals surface area (Å²) < 4.78 is 0. The molecular formula is C15H18N4O2. The highest BCUT2D eigenvalue weighted by Gasteiger charge is 2.10. The summed E-state index contributed by atoms with van der Waals surface area (Å²) in [7, 11) is 3.80. The average Bonchev–Trinajstić information content (AvgIpc) is 2.45. The van der Waals surface area contributed by atoms with Crippen molar-refractivity contribution in [1.29, 1.82) is 0 Å². The number of nitrogens with zero attached hydrogens (tertiary/aromatic N) is 2. The zero-order valence-corrected chi connectivity index (χ0v) is 12.3. The summed E-state index contributed by atoms with van der Waals surface area (Å²) in [5.74, 6) is 0.425. The molecule has 2 heterocycles. The van der Waals surface area contributed by atoms with E-state index in [1.54, 1.807) is 19.2 Å². The summed E-state index contributed by atoms with van der Waals surface area (Å²) in [5.41, 5.74) is 1.38. The van der Waals surface area contributed by atoms with Gasteiger partial charge in [0.1, 0.15) is 11.4 Å². The van der Waals surface area contributed by atoms with Crippen LogP contribution in [0.2, 0.25) is 0 Å². The highest BCUT2D eigenvalue weighted by Crippen LogP contribution is 2.09. The van der Waals surface area contributed by atoms with Crippen molar-refractivity contribution in [3.05, 3.63) is 57.6 Å². The quantitative estimate of drug-likeness (QED) is 0.881.